The Hall–Kier alpha value is -0.860. The lowest BCUT2D eigenvalue weighted by atomic mass is 10.1. The summed E-state index contributed by atoms with van der Waals surface area (Å²) >= 11 is -1.32. The van der Waals surface area contributed by atoms with Crippen molar-refractivity contribution in [2.24, 2.45) is 0 Å². The molecular formula is C12H18F3N3OS. The first kappa shape index (κ1) is 17.2. The molecule has 4 nitrogen and oxygen atoms in total. The highest BCUT2D eigenvalue weighted by Crippen LogP contribution is 2.27. The first-order chi connectivity index (χ1) is 9.05. The van der Waals surface area contributed by atoms with Gasteiger partial charge in [-0.3, -0.25) is 0 Å². The molecule has 0 aromatic carbocycles. The van der Waals surface area contributed by atoms with Crippen LogP contribution in [0.5, 0.6) is 0 Å². The van der Waals surface area contributed by atoms with Gasteiger partial charge < -0.3 is 4.55 Å². The molecule has 0 fully saturated rings. The van der Waals surface area contributed by atoms with Crippen LogP contribution in [0.15, 0.2) is 12.4 Å². The van der Waals surface area contributed by atoms with Crippen molar-refractivity contribution >= 4 is 11.4 Å². The number of nitrogens with one attached hydrogen (secondary N) is 1. The summed E-state index contributed by atoms with van der Waals surface area (Å²) in [5.41, 5.74) is 0.484. The fourth-order valence-electron chi connectivity index (χ4n) is 1.36. The van der Waals surface area contributed by atoms with Gasteiger partial charge in [-0.05, 0) is 27.2 Å². The number of aromatic nitrogens is 2. The number of rotatable bonds is 4. The second-order valence-electron chi connectivity index (χ2n) is 5.30. The van der Waals surface area contributed by atoms with E-state index in [1.165, 1.54) is 0 Å². The Bertz CT molecular complexity index is 431. The molecule has 1 aromatic rings. The largest absolute Gasteiger partial charge is 0.598 e. The van der Waals surface area contributed by atoms with Crippen LogP contribution in [-0.4, -0.2) is 19.3 Å². The fraction of sp³-hybridized carbons (Fsp3) is 0.667. The smallest absolute Gasteiger partial charge is 0.451 e. The minimum absolute atomic E-state index is 0.350. The third-order valence-corrected chi connectivity index (χ3v) is 4.15. The van der Waals surface area contributed by atoms with E-state index in [1.54, 1.807) is 0 Å². The van der Waals surface area contributed by atoms with E-state index in [2.05, 4.69) is 14.7 Å². The van der Waals surface area contributed by atoms with Gasteiger partial charge in [-0.25, -0.2) is 9.97 Å². The number of hydrogen-bond acceptors (Lipinski definition) is 4. The van der Waals surface area contributed by atoms with Gasteiger partial charge in [0.15, 0.2) is 0 Å². The summed E-state index contributed by atoms with van der Waals surface area (Å²) < 4.78 is 51.6. The van der Waals surface area contributed by atoms with Crippen LogP contribution in [0.25, 0.3) is 0 Å². The van der Waals surface area contributed by atoms with Gasteiger partial charge in [0, 0.05) is 29.3 Å². The van der Waals surface area contributed by atoms with Gasteiger partial charge in [0.2, 0.25) is 5.82 Å². The molecule has 1 heterocycles. The molecule has 2 atom stereocenters. The van der Waals surface area contributed by atoms with E-state index in [-0.39, 0.29) is 6.04 Å². The molecule has 0 aliphatic carbocycles. The molecule has 0 saturated carbocycles. The number of hydrogen-bond donors (Lipinski definition) is 1. The molecule has 0 bridgehead atoms. The summed E-state index contributed by atoms with van der Waals surface area (Å²) in [5, 5.41) is 0. The highest BCUT2D eigenvalue weighted by Gasteiger charge is 2.35. The van der Waals surface area contributed by atoms with E-state index in [0.717, 1.165) is 12.4 Å². The first-order valence-corrected chi connectivity index (χ1v) is 7.28. The van der Waals surface area contributed by atoms with Crippen LogP contribution >= 0.6 is 0 Å². The maximum Gasteiger partial charge on any atom is 0.451 e. The first-order valence-electron chi connectivity index (χ1n) is 6.13. The van der Waals surface area contributed by atoms with Gasteiger partial charge in [0.05, 0.1) is 6.04 Å². The Kier molecular flexibility index (Phi) is 5.39. The predicted molar refractivity (Wildman–Crippen MR) is 71.1 cm³/mol. The molecule has 20 heavy (non-hydrogen) atoms. The molecule has 0 radical (unpaired) electrons. The Balaban J connectivity index is 2.86. The third kappa shape index (κ3) is 4.60. The van der Waals surface area contributed by atoms with Gasteiger partial charge in [-0.1, -0.05) is 6.92 Å². The lowest BCUT2D eigenvalue weighted by Gasteiger charge is -2.27. The molecule has 1 rings (SSSR count). The van der Waals surface area contributed by atoms with Crippen molar-refractivity contribution in [3.05, 3.63) is 23.8 Å². The van der Waals surface area contributed by atoms with Crippen molar-refractivity contribution in [1.29, 1.82) is 0 Å². The van der Waals surface area contributed by atoms with Crippen molar-refractivity contribution in [1.82, 2.24) is 14.7 Å². The number of alkyl halides is 3. The van der Waals surface area contributed by atoms with Gasteiger partial charge >= 0.3 is 6.18 Å². The van der Waals surface area contributed by atoms with E-state index in [1.807, 2.05) is 27.7 Å². The molecule has 0 spiro atoms. The Labute approximate surface area is 119 Å². The molecular weight excluding hydrogens is 291 g/mol. The summed E-state index contributed by atoms with van der Waals surface area (Å²) in [6.07, 6.45) is -1.74. The van der Waals surface area contributed by atoms with E-state index in [4.69, 9.17) is 0 Å². The van der Waals surface area contributed by atoms with Crippen molar-refractivity contribution in [3.63, 3.8) is 0 Å². The van der Waals surface area contributed by atoms with Gasteiger partial charge in [0.25, 0.3) is 0 Å². The average molecular weight is 309 g/mol. The monoisotopic (exact) mass is 309 g/mol. The zero-order valence-electron chi connectivity index (χ0n) is 11.8. The van der Waals surface area contributed by atoms with Crippen LogP contribution in [-0.2, 0) is 17.5 Å². The minimum Gasteiger partial charge on any atom is -0.598 e. The minimum atomic E-state index is -4.55. The molecule has 0 saturated heterocycles. The second-order valence-corrected chi connectivity index (χ2v) is 7.30. The highest BCUT2D eigenvalue weighted by atomic mass is 32.2. The fourth-order valence-corrected chi connectivity index (χ4v) is 2.27. The molecule has 0 unspecified atom stereocenters. The van der Waals surface area contributed by atoms with Crippen LogP contribution in [0.2, 0.25) is 0 Å². The summed E-state index contributed by atoms with van der Waals surface area (Å²) in [6.45, 7) is 7.28. The molecule has 114 valence electrons. The van der Waals surface area contributed by atoms with Crippen molar-refractivity contribution in [2.75, 3.05) is 0 Å². The maximum atomic E-state index is 12.4. The Morgan fingerprint density at radius 1 is 1.25 bits per heavy atom. The van der Waals surface area contributed by atoms with Crippen LogP contribution in [0.1, 0.15) is 51.5 Å². The molecule has 1 N–H and O–H groups in total. The molecule has 1 aromatic heterocycles. The van der Waals surface area contributed by atoms with Crippen LogP contribution in [0.4, 0.5) is 13.2 Å². The van der Waals surface area contributed by atoms with Crippen molar-refractivity contribution in [3.8, 4) is 0 Å². The Morgan fingerprint density at radius 2 is 1.75 bits per heavy atom. The molecule has 8 heteroatoms. The quantitative estimate of drug-likeness (QED) is 0.869. The predicted octanol–water partition coefficient (Wildman–Crippen LogP) is 3.00. The zero-order chi connectivity index (χ0) is 15.6. The van der Waals surface area contributed by atoms with Gasteiger partial charge in [0.1, 0.15) is 4.75 Å². The lowest BCUT2D eigenvalue weighted by molar-refractivity contribution is -0.145. The highest BCUT2D eigenvalue weighted by molar-refractivity contribution is 7.90. The summed E-state index contributed by atoms with van der Waals surface area (Å²) in [6, 6.07) is -0.350. The third-order valence-electron chi connectivity index (χ3n) is 2.54. The van der Waals surface area contributed by atoms with Crippen LogP contribution in [0.3, 0.4) is 0 Å². The van der Waals surface area contributed by atoms with Gasteiger partial charge in [-0.2, -0.15) is 13.2 Å². The molecule has 0 aliphatic rings. The summed E-state index contributed by atoms with van der Waals surface area (Å²) in [4.78, 5) is 6.63. The normalized spacial score (nSPS) is 16.0. The van der Waals surface area contributed by atoms with Crippen LogP contribution in [0, 0.1) is 0 Å². The molecule has 0 amide bonds. The Morgan fingerprint density at radius 3 is 2.10 bits per heavy atom. The second kappa shape index (κ2) is 6.28. The van der Waals surface area contributed by atoms with Crippen molar-refractivity contribution in [2.45, 2.75) is 51.1 Å². The number of halogens is 3. The SMILES string of the molecule is CC[C@@H](N[S@@+]([O-])C(C)(C)C)c1cnc(C(F)(F)F)nc1. The topological polar surface area (TPSA) is 60.9 Å². The summed E-state index contributed by atoms with van der Waals surface area (Å²) in [7, 11) is 0. The lowest BCUT2D eigenvalue weighted by Crippen LogP contribution is -2.41. The van der Waals surface area contributed by atoms with Gasteiger partial charge in [-0.15, -0.1) is 4.72 Å². The zero-order valence-corrected chi connectivity index (χ0v) is 12.6. The van der Waals surface area contributed by atoms with E-state index in [0.29, 0.717) is 12.0 Å². The summed E-state index contributed by atoms with van der Waals surface area (Å²) in [5.74, 6) is -1.17. The standard InChI is InChI=1S/C12H18F3N3OS/c1-5-9(18-20(19)11(2,3)4)8-6-16-10(17-7-8)12(13,14)15/h6-7,9,18H,5H2,1-4H3/t9-,20+/m1/s1. The number of nitrogens with zero attached hydrogens (tertiary/aromatic N) is 2. The average Bonchev–Trinajstić information content (AvgIpc) is 2.33. The van der Waals surface area contributed by atoms with E-state index in [9.17, 15) is 17.7 Å². The van der Waals surface area contributed by atoms with Crippen LogP contribution < -0.4 is 4.72 Å². The molecule has 0 aliphatic heterocycles. The maximum absolute atomic E-state index is 12.4. The van der Waals surface area contributed by atoms with E-state index < -0.39 is 28.1 Å². The van der Waals surface area contributed by atoms with E-state index >= 15 is 0 Å². The van der Waals surface area contributed by atoms with Crippen molar-refractivity contribution < 1.29 is 17.7 Å².